The zero-order chi connectivity index (χ0) is 19.4. The molecule has 0 radical (unpaired) electrons. The van der Waals surface area contributed by atoms with Gasteiger partial charge in [0.15, 0.2) is 6.61 Å². The van der Waals surface area contributed by atoms with E-state index < -0.39 is 5.82 Å². The van der Waals surface area contributed by atoms with Gasteiger partial charge in [-0.05, 0) is 48.9 Å². The maximum atomic E-state index is 14.3. The molecule has 7 heteroatoms. The Morgan fingerprint density at radius 2 is 1.81 bits per heavy atom. The van der Waals surface area contributed by atoms with Gasteiger partial charge in [-0.25, -0.2) is 8.78 Å². The van der Waals surface area contributed by atoms with E-state index in [1.165, 1.54) is 30.3 Å². The van der Waals surface area contributed by atoms with Gasteiger partial charge in [-0.2, -0.15) is 5.26 Å². The first-order valence-corrected chi connectivity index (χ1v) is 8.59. The summed E-state index contributed by atoms with van der Waals surface area (Å²) in [6.45, 7) is 3.52. The second-order valence-electron chi connectivity index (χ2n) is 6.34. The van der Waals surface area contributed by atoms with E-state index in [1.54, 1.807) is 17.9 Å². The van der Waals surface area contributed by atoms with Crippen LogP contribution in [0.4, 0.5) is 14.5 Å². The zero-order valence-electron chi connectivity index (χ0n) is 14.9. The predicted molar refractivity (Wildman–Crippen MR) is 96.5 cm³/mol. The van der Waals surface area contributed by atoms with Gasteiger partial charge in [0.1, 0.15) is 17.4 Å². The van der Waals surface area contributed by atoms with Crippen LogP contribution in [0.5, 0.6) is 5.75 Å². The van der Waals surface area contributed by atoms with Crippen molar-refractivity contribution in [1.29, 1.82) is 5.26 Å². The average Bonchev–Trinajstić information content (AvgIpc) is 2.69. The molecular formula is C20H19F2N3O2. The number of anilines is 1. The molecule has 140 valence electrons. The number of nitriles is 1. The first kappa shape index (κ1) is 18.6. The number of rotatable bonds is 4. The summed E-state index contributed by atoms with van der Waals surface area (Å²) in [5.74, 6) is -0.541. The van der Waals surface area contributed by atoms with E-state index in [0.29, 0.717) is 43.2 Å². The monoisotopic (exact) mass is 371 g/mol. The summed E-state index contributed by atoms with van der Waals surface area (Å²) >= 11 is 0. The molecule has 0 atom stereocenters. The van der Waals surface area contributed by atoms with Crippen LogP contribution in [0.1, 0.15) is 11.1 Å². The third kappa shape index (κ3) is 4.34. The number of amides is 1. The molecule has 5 nitrogen and oxygen atoms in total. The molecular weight excluding hydrogens is 352 g/mol. The molecule has 0 bridgehead atoms. The fourth-order valence-electron chi connectivity index (χ4n) is 2.99. The smallest absolute Gasteiger partial charge is 0.260 e. The molecule has 0 N–H and O–H groups in total. The number of benzene rings is 2. The highest BCUT2D eigenvalue weighted by atomic mass is 19.1. The van der Waals surface area contributed by atoms with Crippen molar-refractivity contribution in [3.05, 3.63) is 59.2 Å². The van der Waals surface area contributed by atoms with Crippen LogP contribution in [0.25, 0.3) is 0 Å². The molecule has 2 aromatic carbocycles. The Bertz CT molecular complexity index is 870. The number of aryl methyl sites for hydroxylation is 1. The Morgan fingerprint density at radius 1 is 1.15 bits per heavy atom. The topological polar surface area (TPSA) is 56.6 Å². The summed E-state index contributed by atoms with van der Waals surface area (Å²) in [7, 11) is 0. The van der Waals surface area contributed by atoms with Crippen molar-refractivity contribution in [2.45, 2.75) is 6.92 Å². The molecule has 27 heavy (non-hydrogen) atoms. The van der Waals surface area contributed by atoms with E-state index in [1.807, 2.05) is 11.0 Å². The molecule has 0 spiro atoms. The Labute approximate surface area is 156 Å². The Kier molecular flexibility index (Phi) is 5.55. The predicted octanol–water partition coefficient (Wildman–Crippen LogP) is 2.87. The lowest BCUT2D eigenvalue weighted by Gasteiger charge is -2.36. The SMILES string of the molecule is Cc1cc(N2CCN(C(=O)COc3ccc(F)cc3)CC2)c(F)cc1C#N. The number of halogens is 2. The number of hydrogen-bond donors (Lipinski definition) is 0. The lowest BCUT2D eigenvalue weighted by Crippen LogP contribution is -2.50. The maximum Gasteiger partial charge on any atom is 0.260 e. The fourth-order valence-corrected chi connectivity index (χ4v) is 2.99. The highest BCUT2D eigenvalue weighted by Gasteiger charge is 2.23. The zero-order valence-corrected chi connectivity index (χ0v) is 14.9. The first-order valence-electron chi connectivity index (χ1n) is 8.59. The molecule has 0 unspecified atom stereocenters. The van der Waals surface area contributed by atoms with Crippen molar-refractivity contribution < 1.29 is 18.3 Å². The van der Waals surface area contributed by atoms with Crippen LogP contribution in [-0.4, -0.2) is 43.6 Å². The molecule has 1 heterocycles. The normalized spacial score (nSPS) is 14.0. The van der Waals surface area contributed by atoms with Gasteiger partial charge in [0.05, 0.1) is 17.3 Å². The molecule has 1 aliphatic heterocycles. The van der Waals surface area contributed by atoms with Gasteiger partial charge in [-0.1, -0.05) is 0 Å². The molecule has 0 aromatic heterocycles. The Balaban J connectivity index is 1.55. The lowest BCUT2D eigenvalue weighted by molar-refractivity contribution is -0.133. The van der Waals surface area contributed by atoms with Gasteiger partial charge < -0.3 is 14.5 Å². The molecule has 3 rings (SSSR count). The van der Waals surface area contributed by atoms with E-state index in [2.05, 4.69) is 0 Å². The second kappa shape index (κ2) is 8.04. The quantitative estimate of drug-likeness (QED) is 0.829. The molecule has 1 fully saturated rings. The first-order chi connectivity index (χ1) is 13.0. The second-order valence-corrected chi connectivity index (χ2v) is 6.34. The van der Waals surface area contributed by atoms with Crippen molar-refractivity contribution in [3.63, 3.8) is 0 Å². The van der Waals surface area contributed by atoms with E-state index >= 15 is 0 Å². The van der Waals surface area contributed by atoms with Gasteiger partial charge in [0.25, 0.3) is 5.91 Å². The van der Waals surface area contributed by atoms with E-state index in [0.717, 1.165) is 5.56 Å². The maximum absolute atomic E-state index is 14.3. The number of ether oxygens (including phenoxy) is 1. The van der Waals surface area contributed by atoms with Gasteiger partial charge in [-0.3, -0.25) is 4.79 Å². The number of carbonyl (C=O) groups is 1. The molecule has 2 aromatic rings. The molecule has 1 amide bonds. The number of piperazine rings is 1. The van der Waals surface area contributed by atoms with Crippen LogP contribution >= 0.6 is 0 Å². The van der Waals surface area contributed by atoms with Crippen LogP contribution in [-0.2, 0) is 4.79 Å². The van der Waals surface area contributed by atoms with E-state index in [-0.39, 0.29) is 18.3 Å². The number of hydrogen-bond acceptors (Lipinski definition) is 4. The van der Waals surface area contributed by atoms with Gasteiger partial charge in [-0.15, -0.1) is 0 Å². The van der Waals surface area contributed by atoms with Gasteiger partial charge in [0, 0.05) is 26.2 Å². The molecule has 0 aliphatic carbocycles. The van der Waals surface area contributed by atoms with Crippen molar-refractivity contribution in [2.75, 3.05) is 37.7 Å². The minimum Gasteiger partial charge on any atom is -0.484 e. The number of nitrogens with zero attached hydrogens (tertiary/aromatic N) is 3. The Hall–Kier alpha value is -3.14. The summed E-state index contributed by atoms with van der Waals surface area (Å²) in [5, 5.41) is 8.98. The van der Waals surface area contributed by atoms with E-state index in [9.17, 15) is 13.6 Å². The largest absolute Gasteiger partial charge is 0.484 e. The minimum absolute atomic E-state index is 0.129. The summed E-state index contributed by atoms with van der Waals surface area (Å²) in [5.41, 5.74) is 1.49. The Morgan fingerprint density at radius 3 is 2.44 bits per heavy atom. The van der Waals surface area contributed by atoms with Crippen molar-refractivity contribution >= 4 is 11.6 Å². The molecule has 1 saturated heterocycles. The van der Waals surface area contributed by atoms with Gasteiger partial charge >= 0.3 is 0 Å². The van der Waals surface area contributed by atoms with Crippen molar-refractivity contribution in [1.82, 2.24) is 4.90 Å². The van der Waals surface area contributed by atoms with Crippen LogP contribution in [0.2, 0.25) is 0 Å². The van der Waals surface area contributed by atoms with E-state index in [4.69, 9.17) is 10.00 Å². The third-order valence-electron chi connectivity index (χ3n) is 4.56. The van der Waals surface area contributed by atoms with Crippen molar-refractivity contribution in [3.8, 4) is 11.8 Å². The van der Waals surface area contributed by atoms with Crippen LogP contribution in [0, 0.1) is 29.9 Å². The van der Waals surface area contributed by atoms with Crippen LogP contribution in [0.3, 0.4) is 0 Å². The average molecular weight is 371 g/mol. The summed E-state index contributed by atoms with van der Waals surface area (Å²) in [6, 6.07) is 10.4. The summed E-state index contributed by atoms with van der Waals surface area (Å²) < 4.78 is 32.5. The third-order valence-corrected chi connectivity index (χ3v) is 4.56. The summed E-state index contributed by atoms with van der Waals surface area (Å²) in [6.07, 6.45) is 0. The highest BCUT2D eigenvalue weighted by molar-refractivity contribution is 5.78. The fraction of sp³-hybridized carbons (Fsp3) is 0.300. The summed E-state index contributed by atoms with van der Waals surface area (Å²) in [4.78, 5) is 15.8. The molecule has 1 aliphatic rings. The van der Waals surface area contributed by atoms with Crippen LogP contribution < -0.4 is 9.64 Å². The van der Waals surface area contributed by atoms with Crippen molar-refractivity contribution in [2.24, 2.45) is 0 Å². The standard InChI is InChI=1S/C20H19F2N3O2/c1-14-10-19(18(22)11-15(14)12-23)24-6-8-25(9-7-24)20(26)13-27-17-4-2-16(21)3-5-17/h2-5,10-11H,6-9,13H2,1H3. The highest BCUT2D eigenvalue weighted by Crippen LogP contribution is 2.24. The molecule has 0 saturated carbocycles. The minimum atomic E-state index is -0.434. The van der Waals surface area contributed by atoms with Gasteiger partial charge in [0.2, 0.25) is 0 Å². The number of carbonyl (C=O) groups excluding carboxylic acids is 1. The lowest BCUT2D eigenvalue weighted by atomic mass is 10.1. The van der Waals surface area contributed by atoms with Crippen LogP contribution in [0.15, 0.2) is 36.4 Å².